The molecule has 49 heavy (non-hydrogen) atoms. The number of ether oxygens (including phenoxy) is 1. The molecule has 0 aliphatic carbocycles. The number of aliphatic carboxylic acids is 1. The van der Waals surface area contributed by atoms with Gasteiger partial charge in [-0.2, -0.15) is 0 Å². The lowest BCUT2D eigenvalue weighted by molar-refractivity contribution is -0.147. The maximum Gasteiger partial charge on any atom is 0.322 e. The zero-order valence-corrected chi connectivity index (χ0v) is 31.5. The molecule has 6 heteroatoms. The van der Waals surface area contributed by atoms with Crippen molar-refractivity contribution in [3.05, 3.63) is 60.8 Å². The summed E-state index contributed by atoms with van der Waals surface area (Å²) in [6, 6.07) is 0. The molecule has 0 aliphatic heterocycles. The smallest absolute Gasteiger partial charge is 0.322 e. The lowest BCUT2D eigenvalue weighted by Crippen LogP contribution is -2.28. The third-order valence-corrected chi connectivity index (χ3v) is 8.41. The number of allylic oxidation sites excluding steroid dienone is 9. The number of amides is 1. The molecule has 0 aliphatic rings. The fourth-order valence-corrected chi connectivity index (χ4v) is 5.47. The third kappa shape index (κ3) is 37.8. The summed E-state index contributed by atoms with van der Waals surface area (Å²) in [4.78, 5) is 34.9. The van der Waals surface area contributed by atoms with Crippen molar-refractivity contribution < 1.29 is 24.2 Å². The normalized spacial score (nSPS) is 12.7. The predicted octanol–water partition coefficient (Wildman–Crippen LogP) is 12.1. The van der Waals surface area contributed by atoms with Crippen LogP contribution in [0.2, 0.25) is 0 Å². The molecule has 0 saturated heterocycles. The van der Waals surface area contributed by atoms with Crippen LogP contribution in [0.15, 0.2) is 60.8 Å². The van der Waals surface area contributed by atoms with E-state index in [4.69, 9.17) is 9.84 Å². The molecule has 0 aromatic rings. The molecule has 0 saturated carbocycles. The molecule has 0 radical (unpaired) electrons. The lowest BCUT2D eigenvalue weighted by atomic mass is 10.1. The van der Waals surface area contributed by atoms with Gasteiger partial charge in [0.1, 0.15) is 12.6 Å². The van der Waals surface area contributed by atoms with Crippen LogP contribution < -0.4 is 5.32 Å². The molecule has 0 aromatic carbocycles. The van der Waals surface area contributed by atoms with Crippen LogP contribution in [-0.2, 0) is 19.1 Å². The molecule has 0 bridgehead atoms. The molecule has 6 nitrogen and oxygen atoms in total. The van der Waals surface area contributed by atoms with E-state index in [1.165, 1.54) is 77.0 Å². The molecule has 0 aromatic heterocycles. The summed E-state index contributed by atoms with van der Waals surface area (Å²) in [6.07, 6.45) is 49.3. The lowest BCUT2D eigenvalue weighted by Gasteiger charge is -2.15. The zero-order chi connectivity index (χ0) is 35.9. The van der Waals surface area contributed by atoms with E-state index in [1.54, 1.807) is 0 Å². The minimum Gasteiger partial charge on any atom is -0.480 e. The first kappa shape index (κ1) is 46.1. The Bertz CT molecular complexity index is 933. The summed E-state index contributed by atoms with van der Waals surface area (Å²) in [5, 5.41) is 11.1. The highest BCUT2D eigenvalue weighted by atomic mass is 16.5. The molecular weight excluding hydrogens is 610 g/mol. The van der Waals surface area contributed by atoms with Gasteiger partial charge in [-0.1, -0.05) is 146 Å². The summed E-state index contributed by atoms with van der Waals surface area (Å²) in [7, 11) is 0. The van der Waals surface area contributed by atoms with Gasteiger partial charge in [-0.05, 0) is 83.1 Å². The van der Waals surface area contributed by atoms with Crippen LogP contribution >= 0.6 is 0 Å². The van der Waals surface area contributed by atoms with Crippen molar-refractivity contribution in [2.24, 2.45) is 0 Å². The Morgan fingerprint density at radius 3 is 1.65 bits per heavy atom. The second-order valence-electron chi connectivity index (χ2n) is 13.2. The first-order valence-corrected chi connectivity index (χ1v) is 19.9. The van der Waals surface area contributed by atoms with Crippen LogP contribution in [0.25, 0.3) is 0 Å². The number of hydrogen-bond acceptors (Lipinski definition) is 4. The Labute approximate surface area is 301 Å². The van der Waals surface area contributed by atoms with Gasteiger partial charge in [0.05, 0.1) is 0 Å². The molecule has 2 N–H and O–H groups in total. The number of nitrogens with one attached hydrogen (secondary N) is 1. The molecule has 0 spiro atoms. The van der Waals surface area contributed by atoms with Crippen molar-refractivity contribution in [1.29, 1.82) is 0 Å². The van der Waals surface area contributed by atoms with E-state index >= 15 is 0 Å². The number of carbonyl (C=O) groups is 3. The van der Waals surface area contributed by atoms with Gasteiger partial charge in [0.15, 0.2) is 0 Å². The van der Waals surface area contributed by atoms with Gasteiger partial charge in [-0.15, -0.1) is 0 Å². The van der Waals surface area contributed by atoms with Crippen LogP contribution in [0.4, 0.5) is 0 Å². The fraction of sp³-hybridized carbons (Fsp3) is 0.698. The van der Waals surface area contributed by atoms with Crippen molar-refractivity contribution >= 4 is 17.8 Å². The molecule has 0 heterocycles. The predicted molar refractivity (Wildman–Crippen MR) is 208 cm³/mol. The Kier molecular flexibility index (Phi) is 35.7. The highest BCUT2D eigenvalue weighted by Gasteiger charge is 2.12. The van der Waals surface area contributed by atoms with Crippen molar-refractivity contribution in [3.8, 4) is 0 Å². The highest BCUT2D eigenvalue weighted by molar-refractivity contribution is 5.80. The van der Waals surface area contributed by atoms with Gasteiger partial charge in [-0.25, -0.2) is 0 Å². The topological polar surface area (TPSA) is 92.7 Å². The van der Waals surface area contributed by atoms with E-state index < -0.39 is 5.97 Å². The largest absolute Gasteiger partial charge is 0.480 e. The first-order chi connectivity index (χ1) is 24.0. The summed E-state index contributed by atoms with van der Waals surface area (Å²) in [5.74, 6) is -1.34. The standard InChI is InChI=1S/C43H73NO5/c1-3-5-7-9-11-12-13-14-15-16-17-18-19-20-21-22-23-24-26-28-34-38-43(48)49-40(35-31-27-25-10-8-6-4-2)36-32-29-30-33-37-41(45)44-39-42(46)47/h5,7,11-12,14-15,17-18,31,35,40H,3-4,6,8-10,13,16,19-30,32-34,36-39H2,1-2H3,(H,44,45)(H,46,47)/b7-5-,12-11-,15-14-,18-17-,35-31-. The van der Waals surface area contributed by atoms with Crippen molar-refractivity contribution in [1.82, 2.24) is 5.32 Å². The minimum absolute atomic E-state index is 0.0939. The Balaban J connectivity index is 4.03. The van der Waals surface area contributed by atoms with Crippen LogP contribution in [0, 0.1) is 0 Å². The number of hydrogen-bond donors (Lipinski definition) is 2. The molecule has 1 unspecified atom stereocenters. The number of carboxylic acids is 1. The van der Waals surface area contributed by atoms with Gasteiger partial charge in [0.2, 0.25) is 5.91 Å². The first-order valence-electron chi connectivity index (χ1n) is 19.9. The molecule has 1 atom stereocenters. The number of rotatable bonds is 35. The number of carbonyl (C=O) groups excluding carboxylic acids is 2. The van der Waals surface area contributed by atoms with E-state index in [0.717, 1.165) is 77.0 Å². The quantitative estimate of drug-likeness (QED) is 0.0394. The van der Waals surface area contributed by atoms with E-state index in [9.17, 15) is 14.4 Å². The van der Waals surface area contributed by atoms with Gasteiger partial charge in [0, 0.05) is 12.8 Å². The maximum atomic E-state index is 12.6. The molecular formula is C43H73NO5. The number of esters is 1. The van der Waals surface area contributed by atoms with Gasteiger partial charge in [-0.3, -0.25) is 14.4 Å². The Morgan fingerprint density at radius 1 is 0.571 bits per heavy atom. The van der Waals surface area contributed by atoms with Crippen LogP contribution in [0.3, 0.4) is 0 Å². The van der Waals surface area contributed by atoms with Gasteiger partial charge >= 0.3 is 11.9 Å². The highest BCUT2D eigenvalue weighted by Crippen LogP contribution is 2.15. The summed E-state index contributed by atoms with van der Waals surface area (Å²) < 4.78 is 5.88. The number of carboxylic acid groups (broad SMARTS) is 1. The minimum atomic E-state index is -1.03. The van der Waals surface area contributed by atoms with Gasteiger partial charge in [0.25, 0.3) is 0 Å². The number of unbranched alkanes of at least 4 members (excludes halogenated alkanes) is 16. The third-order valence-electron chi connectivity index (χ3n) is 8.41. The van der Waals surface area contributed by atoms with Crippen LogP contribution in [0.1, 0.15) is 181 Å². The van der Waals surface area contributed by atoms with Crippen molar-refractivity contribution in [2.45, 2.75) is 187 Å². The van der Waals surface area contributed by atoms with Crippen LogP contribution in [-0.4, -0.2) is 35.6 Å². The molecule has 280 valence electrons. The van der Waals surface area contributed by atoms with E-state index in [2.05, 4.69) is 79.9 Å². The average Bonchev–Trinajstić information content (AvgIpc) is 3.08. The van der Waals surface area contributed by atoms with Crippen molar-refractivity contribution in [2.75, 3.05) is 6.54 Å². The summed E-state index contributed by atoms with van der Waals surface area (Å²) >= 11 is 0. The SMILES string of the molecule is CC/C=C\C/C=C\C/C=C\C/C=C\CCCCCCCCCCC(=O)OC(/C=C\CCCCCCC)CCCCCCC(=O)NCC(=O)O. The van der Waals surface area contributed by atoms with E-state index in [0.29, 0.717) is 12.8 Å². The molecule has 0 fully saturated rings. The molecule has 1 amide bonds. The Morgan fingerprint density at radius 2 is 1.06 bits per heavy atom. The van der Waals surface area contributed by atoms with Gasteiger partial charge < -0.3 is 15.2 Å². The molecule has 0 rings (SSSR count). The summed E-state index contributed by atoms with van der Waals surface area (Å²) in [5.41, 5.74) is 0. The van der Waals surface area contributed by atoms with E-state index in [-0.39, 0.29) is 24.5 Å². The maximum absolute atomic E-state index is 12.6. The zero-order valence-electron chi connectivity index (χ0n) is 31.5. The monoisotopic (exact) mass is 684 g/mol. The average molecular weight is 684 g/mol. The fourth-order valence-electron chi connectivity index (χ4n) is 5.47. The second-order valence-corrected chi connectivity index (χ2v) is 13.2. The van der Waals surface area contributed by atoms with Crippen molar-refractivity contribution in [3.63, 3.8) is 0 Å². The second kappa shape index (κ2) is 37.9. The van der Waals surface area contributed by atoms with Crippen LogP contribution in [0.5, 0.6) is 0 Å². The van der Waals surface area contributed by atoms with E-state index in [1.807, 2.05) is 0 Å². The summed E-state index contributed by atoms with van der Waals surface area (Å²) in [6.45, 7) is 4.06. The Hall–Kier alpha value is -2.89.